The van der Waals surface area contributed by atoms with Crippen LogP contribution in [-0.4, -0.2) is 25.9 Å². The normalized spacial score (nSPS) is 20.9. The number of nitrogens with zero attached hydrogens (tertiary/aromatic N) is 1. The zero-order chi connectivity index (χ0) is 22.6. The summed E-state index contributed by atoms with van der Waals surface area (Å²) in [6.45, 7) is 6.09. The van der Waals surface area contributed by atoms with E-state index in [1.54, 1.807) is 6.92 Å². The van der Waals surface area contributed by atoms with Crippen LogP contribution >= 0.6 is 0 Å². The van der Waals surface area contributed by atoms with Crippen molar-refractivity contribution >= 4 is 17.3 Å². The zero-order valence-corrected chi connectivity index (χ0v) is 18.6. The van der Waals surface area contributed by atoms with Gasteiger partial charge in [0, 0.05) is 16.9 Å². The van der Waals surface area contributed by atoms with Crippen LogP contribution in [0.2, 0.25) is 0 Å². The first-order valence-corrected chi connectivity index (χ1v) is 10.1. The lowest BCUT2D eigenvalue weighted by Crippen LogP contribution is -2.11. The van der Waals surface area contributed by atoms with Crippen molar-refractivity contribution in [1.82, 2.24) is 0 Å². The van der Waals surface area contributed by atoms with Crippen molar-refractivity contribution in [3.63, 3.8) is 0 Å². The van der Waals surface area contributed by atoms with Gasteiger partial charge in [-0.3, -0.25) is 0 Å². The van der Waals surface area contributed by atoms with E-state index in [-0.39, 0.29) is 23.8 Å². The van der Waals surface area contributed by atoms with Gasteiger partial charge in [-0.05, 0) is 43.0 Å². The second-order valence-corrected chi connectivity index (χ2v) is 8.06. The number of hydrogen-bond donors (Lipinski definition) is 0. The van der Waals surface area contributed by atoms with Gasteiger partial charge in [0.2, 0.25) is 0 Å². The maximum absolute atomic E-state index is 13.6. The molecule has 2 aromatic rings. The van der Waals surface area contributed by atoms with Crippen LogP contribution in [0.1, 0.15) is 42.5 Å². The van der Waals surface area contributed by atoms with Crippen molar-refractivity contribution in [3.05, 3.63) is 76.8 Å². The van der Waals surface area contributed by atoms with Crippen LogP contribution in [0.3, 0.4) is 0 Å². The first-order chi connectivity index (χ1) is 14.8. The fraction of sp³-hybridized carbons (Fsp3) is 0.360. The minimum atomic E-state index is -0.489. The molecule has 2 atom stereocenters. The van der Waals surface area contributed by atoms with Crippen LogP contribution in [0.4, 0.5) is 4.39 Å². The molecule has 5 nitrogen and oxygen atoms in total. The maximum Gasteiger partial charge on any atom is 0.341 e. The van der Waals surface area contributed by atoms with Gasteiger partial charge < -0.3 is 14.3 Å². The molecule has 0 aromatic heterocycles. The number of rotatable bonds is 8. The van der Waals surface area contributed by atoms with E-state index >= 15 is 0 Å². The summed E-state index contributed by atoms with van der Waals surface area (Å²) in [5.41, 5.74) is 4.37. The molecule has 0 aliphatic heterocycles. The third-order valence-corrected chi connectivity index (χ3v) is 5.94. The summed E-state index contributed by atoms with van der Waals surface area (Å²) in [6, 6.07) is 12.7. The SMILES string of the molecule is CO/C=C(/C(=O)OC)c1ccccc1CO/N=C(\C)C1CC1(C)c1ccc(F)c(C)c1. The Labute approximate surface area is 182 Å². The first kappa shape index (κ1) is 22.5. The number of methoxy groups -OCH3 is 2. The highest BCUT2D eigenvalue weighted by Gasteiger charge is 2.53. The zero-order valence-electron chi connectivity index (χ0n) is 18.6. The first-order valence-electron chi connectivity index (χ1n) is 10.1. The van der Waals surface area contributed by atoms with Gasteiger partial charge in [-0.25, -0.2) is 9.18 Å². The van der Waals surface area contributed by atoms with Gasteiger partial charge in [0.1, 0.15) is 18.0 Å². The monoisotopic (exact) mass is 425 g/mol. The maximum atomic E-state index is 13.6. The molecule has 2 aromatic carbocycles. The molecule has 1 saturated carbocycles. The number of carbonyl (C=O) groups excluding carboxylic acids is 1. The highest BCUT2D eigenvalue weighted by Crippen LogP contribution is 2.54. The Kier molecular flexibility index (Phi) is 6.78. The summed E-state index contributed by atoms with van der Waals surface area (Å²) in [7, 11) is 2.80. The minimum Gasteiger partial charge on any atom is -0.503 e. The van der Waals surface area contributed by atoms with Crippen molar-refractivity contribution in [1.29, 1.82) is 0 Å². The molecule has 0 bridgehead atoms. The van der Waals surface area contributed by atoms with Crippen LogP contribution in [0.15, 0.2) is 53.9 Å². The van der Waals surface area contributed by atoms with Gasteiger partial charge in [-0.1, -0.05) is 48.5 Å². The molecule has 0 radical (unpaired) electrons. The summed E-state index contributed by atoms with van der Waals surface area (Å²) < 4.78 is 23.5. The quantitative estimate of drug-likeness (QED) is 0.193. The third kappa shape index (κ3) is 4.79. The highest BCUT2D eigenvalue weighted by atomic mass is 19.1. The topological polar surface area (TPSA) is 57.1 Å². The van der Waals surface area contributed by atoms with E-state index in [1.165, 1.54) is 26.5 Å². The van der Waals surface area contributed by atoms with Crippen molar-refractivity contribution in [3.8, 4) is 0 Å². The molecule has 1 fully saturated rings. The Bertz CT molecular complexity index is 1030. The Morgan fingerprint density at radius 1 is 1.26 bits per heavy atom. The Morgan fingerprint density at radius 3 is 2.68 bits per heavy atom. The summed E-state index contributed by atoms with van der Waals surface area (Å²) in [5, 5.41) is 4.33. The fourth-order valence-electron chi connectivity index (χ4n) is 3.92. The van der Waals surface area contributed by atoms with E-state index in [0.717, 1.165) is 23.3 Å². The van der Waals surface area contributed by atoms with Gasteiger partial charge in [0.25, 0.3) is 0 Å². The number of aryl methyl sites for hydroxylation is 1. The van der Waals surface area contributed by atoms with Crippen LogP contribution in [0.25, 0.3) is 5.57 Å². The lowest BCUT2D eigenvalue weighted by molar-refractivity contribution is -0.133. The number of esters is 1. The van der Waals surface area contributed by atoms with Crippen LogP contribution in [-0.2, 0) is 31.1 Å². The van der Waals surface area contributed by atoms with Crippen molar-refractivity contribution in [2.24, 2.45) is 11.1 Å². The number of oxime groups is 1. The van der Waals surface area contributed by atoms with E-state index in [0.29, 0.717) is 16.7 Å². The predicted molar refractivity (Wildman–Crippen MR) is 118 cm³/mol. The van der Waals surface area contributed by atoms with Crippen molar-refractivity contribution in [2.45, 2.75) is 39.2 Å². The Balaban J connectivity index is 1.71. The van der Waals surface area contributed by atoms with E-state index < -0.39 is 5.97 Å². The Morgan fingerprint density at radius 2 is 2.00 bits per heavy atom. The molecular formula is C25H28FNO4. The summed E-state index contributed by atoms with van der Waals surface area (Å²) in [4.78, 5) is 17.8. The number of benzene rings is 2. The van der Waals surface area contributed by atoms with Crippen LogP contribution in [0, 0.1) is 18.7 Å². The number of carbonyl (C=O) groups is 1. The molecule has 2 unspecified atom stereocenters. The van der Waals surface area contributed by atoms with Gasteiger partial charge in [-0.2, -0.15) is 0 Å². The van der Waals surface area contributed by atoms with Gasteiger partial charge in [0.15, 0.2) is 0 Å². The summed E-state index contributed by atoms with van der Waals surface area (Å²) >= 11 is 0. The van der Waals surface area contributed by atoms with Gasteiger partial charge in [-0.15, -0.1) is 0 Å². The van der Waals surface area contributed by atoms with Crippen molar-refractivity contribution in [2.75, 3.05) is 14.2 Å². The van der Waals surface area contributed by atoms with Crippen molar-refractivity contribution < 1.29 is 23.5 Å². The number of halogens is 1. The lowest BCUT2D eigenvalue weighted by Gasteiger charge is -2.13. The molecule has 0 saturated heterocycles. The molecule has 0 amide bonds. The molecule has 1 aliphatic rings. The Hall–Kier alpha value is -3.15. The predicted octanol–water partition coefficient (Wildman–Crippen LogP) is 5.16. The fourth-order valence-corrected chi connectivity index (χ4v) is 3.92. The van der Waals surface area contributed by atoms with Gasteiger partial charge in [0.05, 0.1) is 26.2 Å². The molecule has 164 valence electrons. The van der Waals surface area contributed by atoms with Crippen LogP contribution < -0.4 is 0 Å². The molecular weight excluding hydrogens is 397 g/mol. The van der Waals surface area contributed by atoms with Crippen LogP contribution in [0.5, 0.6) is 0 Å². The smallest absolute Gasteiger partial charge is 0.341 e. The van der Waals surface area contributed by atoms with E-state index in [9.17, 15) is 9.18 Å². The standard InChI is InChI=1S/C25H28FNO4/c1-16-12-19(10-11-23(16)26)25(3)13-22(25)17(2)27-31-14-18-8-6-7-9-20(18)21(15-29-4)24(28)30-5/h6-12,15,22H,13-14H2,1-5H3/b21-15+,27-17+. The second-order valence-electron chi connectivity index (χ2n) is 8.06. The van der Waals surface area contributed by atoms with E-state index in [2.05, 4.69) is 12.1 Å². The summed E-state index contributed by atoms with van der Waals surface area (Å²) in [6.07, 6.45) is 2.30. The largest absolute Gasteiger partial charge is 0.503 e. The lowest BCUT2D eigenvalue weighted by atomic mass is 9.93. The second kappa shape index (κ2) is 9.33. The average molecular weight is 426 g/mol. The molecule has 31 heavy (non-hydrogen) atoms. The minimum absolute atomic E-state index is 0.0629. The number of ether oxygens (including phenoxy) is 2. The number of hydrogen-bond acceptors (Lipinski definition) is 5. The molecule has 1 aliphatic carbocycles. The van der Waals surface area contributed by atoms with Gasteiger partial charge >= 0.3 is 5.97 Å². The molecule has 3 rings (SSSR count). The molecule has 6 heteroatoms. The third-order valence-electron chi connectivity index (χ3n) is 5.94. The average Bonchev–Trinajstić information content (AvgIpc) is 3.47. The highest BCUT2D eigenvalue weighted by molar-refractivity contribution is 6.16. The molecule has 0 heterocycles. The summed E-state index contributed by atoms with van der Waals surface area (Å²) in [5.74, 6) is -0.435. The van der Waals surface area contributed by atoms with E-state index in [1.807, 2.05) is 43.3 Å². The molecule has 0 N–H and O–H groups in total. The molecule has 0 spiro atoms. The van der Waals surface area contributed by atoms with E-state index in [4.69, 9.17) is 14.3 Å².